The number of carbonyl (C=O) groups is 2. The Labute approximate surface area is 154 Å². The molecule has 0 saturated carbocycles. The number of piperazine rings is 1. The van der Waals surface area contributed by atoms with Gasteiger partial charge >= 0.3 is 0 Å². The minimum Gasteiger partial charge on any atom is -0.494 e. The van der Waals surface area contributed by atoms with E-state index in [-0.39, 0.29) is 11.8 Å². The van der Waals surface area contributed by atoms with E-state index in [1.165, 1.54) is 5.56 Å². The fraction of sp³-hybridized carbons (Fsp3) is 0.579. The monoisotopic (exact) mass is 366 g/mol. The molecule has 0 radical (unpaired) electrons. The third-order valence-corrected chi connectivity index (χ3v) is 4.60. The van der Waals surface area contributed by atoms with Crippen LogP contribution in [-0.2, 0) is 9.59 Å². The van der Waals surface area contributed by atoms with Gasteiger partial charge in [0, 0.05) is 44.9 Å². The summed E-state index contributed by atoms with van der Waals surface area (Å²) in [6.07, 6.45) is 2.38. The molecule has 1 aromatic rings. The lowest BCUT2D eigenvalue weighted by Crippen LogP contribution is -2.50. The van der Waals surface area contributed by atoms with Crippen LogP contribution in [0.3, 0.4) is 0 Å². The summed E-state index contributed by atoms with van der Waals surface area (Å²) in [5.41, 5.74) is 1.20. The summed E-state index contributed by atoms with van der Waals surface area (Å²) >= 11 is 5.62. The van der Waals surface area contributed by atoms with Gasteiger partial charge in [0.15, 0.2) is 0 Å². The minimum atomic E-state index is 0.138. The van der Waals surface area contributed by atoms with Crippen molar-refractivity contribution in [1.82, 2.24) is 9.80 Å². The van der Waals surface area contributed by atoms with Crippen LogP contribution in [0.15, 0.2) is 24.3 Å². The second-order valence-electron chi connectivity index (χ2n) is 6.32. The summed E-state index contributed by atoms with van der Waals surface area (Å²) in [6.45, 7) is 5.04. The van der Waals surface area contributed by atoms with Crippen LogP contribution in [-0.4, -0.2) is 60.3 Å². The molecule has 0 unspecified atom stereocenters. The first-order valence-electron chi connectivity index (χ1n) is 8.91. The van der Waals surface area contributed by atoms with Gasteiger partial charge in [0.2, 0.25) is 11.8 Å². The smallest absolute Gasteiger partial charge is 0.222 e. The Kier molecular flexibility index (Phi) is 8.06. The largest absolute Gasteiger partial charge is 0.494 e. The molecule has 0 N–H and O–H groups in total. The summed E-state index contributed by atoms with van der Waals surface area (Å²) in [4.78, 5) is 27.9. The highest BCUT2D eigenvalue weighted by Gasteiger charge is 2.23. The van der Waals surface area contributed by atoms with Gasteiger partial charge in [0.1, 0.15) is 5.75 Å². The zero-order valence-electron chi connectivity index (χ0n) is 14.9. The van der Waals surface area contributed by atoms with Crippen molar-refractivity contribution >= 4 is 23.4 Å². The average Bonchev–Trinajstić information content (AvgIpc) is 2.64. The number of rotatable bonds is 8. The lowest BCUT2D eigenvalue weighted by atomic mass is 10.2. The predicted molar refractivity (Wildman–Crippen MR) is 99.0 cm³/mol. The maximum atomic E-state index is 12.3. The molecule has 1 aromatic carbocycles. The zero-order chi connectivity index (χ0) is 18.1. The molecule has 0 bridgehead atoms. The van der Waals surface area contributed by atoms with Gasteiger partial charge in [-0.2, -0.15) is 0 Å². The Balaban J connectivity index is 1.62. The Morgan fingerprint density at radius 3 is 2.00 bits per heavy atom. The van der Waals surface area contributed by atoms with Gasteiger partial charge in [-0.25, -0.2) is 0 Å². The number of hydrogen-bond acceptors (Lipinski definition) is 3. The Morgan fingerprint density at radius 1 is 0.960 bits per heavy atom. The van der Waals surface area contributed by atoms with Crippen molar-refractivity contribution < 1.29 is 14.3 Å². The Bertz CT molecular complexity index is 554. The Morgan fingerprint density at radius 2 is 1.48 bits per heavy atom. The molecule has 25 heavy (non-hydrogen) atoms. The van der Waals surface area contributed by atoms with Crippen LogP contribution in [0.2, 0.25) is 0 Å². The van der Waals surface area contributed by atoms with Crippen LogP contribution in [0.1, 0.15) is 31.2 Å². The van der Waals surface area contributed by atoms with Gasteiger partial charge in [-0.1, -0.05) is 17.7 Å². The highest BCUT2D eigenvalue weighted by Crippen LogP contribution is 2.12. The number of benzene rings is 1. The fourth-order valence-corrected chi connectivity index (χ4v) is 2.92. The molecule has 1 aliphatic heterocycles. The lowest BCUT2D eigenvalue weighted by molar-refractivity contribution is -0.139. The van der Waals surface area contributed by atoms with E-state index in [0.717, 1.165) is 5.75 Å². The molecule has 1 heterocycles. The third kappa shape index (κ3) is 6.58. The van der Waals surface area contributed by atoms with Crippen molar-refractivity contribution in [3.8, 4) is 5.75 Å². The number of carbonyl (C=O) groups excluding carboxylic acids is 2. The third-order valence-electron chi connectivity index (χ3n) is 4.33. The maximum absolute atomic E-state index is 12.3. The van der Waals surface area contributed by atoms with Gasteiger partial charge in [-0.15, -0.1) is 11.6 Å². The summed E-state index contributed by atoms with van der Waals surface area (Å²) in [7, 11) is 0. The first kappa shape index (κ1) is 19.6. The van der Waals surface area contributed by atoms with E-state index in [1.54, 1.807) is 0 Å². The first-order chi connectivity index (χ1) is 12.1. The highest BCUT2D eigenvalue weighted by atomic mass is 35.5. The van der Waals surface area contributed by atoms with E-state index in [2.05, 4.69) is 0 Å². The second-order valence-corrected chi connectivity index (χ2v) is 6.70. The number of ether oxygens (including phenoxy) is 1. The van der Waals surface area contributed by atoms with Gasteiger partial charge in [-0.05, 0) is 31.9 Å². The average molecular weight is 367 g/mol. The molecule has 2 amide bonds. The number of alkyl halides is 1. The summed E-state index contributed by atoms with van der Waals surface area (Å²) in [5.74, 6) is 1.62. The van der Waals surface area contributed by atoms with Crippen LogP contribution >= 0.6 is 11.6 Å². The van der Waals surface area contributed by atoms with Crippen LogP contribution < -0.4 is 4.74 Å². The number of amides is 2. The minimum absolute atomic E-state index is 0.138. The number of nitrogens with zero attached hydrogens (tertiary/aromatic N) is 2. The Hall–Kier alpha value is -1.75. The molecule has 0 atom stereocenters. The van der Waals surface area contributed by atoms with Crippen LogP contribution in [0, 0.1) is 6.92 Å². The van der Waals surface area contributed by atoms with E-state index < -0.39 is 0 Å². The topological polar surface area (TPSA) is 49.9 Å². The van der Waals surface area contributed by atoms with E-state index in [9.17, 15) is 9.59 Å². The summed E-state index contributed by atoms with van der Waals surface area (Å²) in [5, 5.41) is 0. The lowest BCUT2D eigenvalue weighted by Gasteiger charge is -2.35. The fourth-order valence-electron chi connectivity index (χ4n) is 2.79. The SMILES string of the molecule is Cc1ccc(OCCCC(=O)N2CCN(C(=O)CCCCl)CC2)cc1. The molecular weight excluding hydrogens is 340 g/mol. The molecule has 1 saturated heterocycles. The molecule has 1 aliphatic rings. The molecule has 0 spiro atoms. The summed E-state index contributed by atoms with van der Waals surface area (Å²) in [6, 6.07) is 7.90. The summed E-state index contributed by atoms with van der Waals surface area (Å²) < 4.78 is 5.65. The normalized spacial score (nSPS) is 14.5. The van der Waals surface area contributed by atoms with E-state index in [1.807, 2.05) is 41.0 Å². The quantitative estimate of drug-likeness (QED) is 0.525. The number of halogens is 1. The first-order valence-corrected chi connectivity index (χ1v) is 9.44. The molecule has 138 valence electrons. The maximum Gasteiger partial charge on any atom is 0.222 e. The highest BCUT2D eigenvalue weighted by molar-refractivity contribution is 6.17. The molecule has 1 fully saturated rings. The van der Waals surface area contributed by atoms with E-state index >= 15 is 0 Å². The standard InChI is InChI=1S/C19H27ClN2O3/c1-16-6-8-17(9-7-16)25-15-3-5-19(24)22-13-11-21(12-14-22)18(23)4-2-10-20/h6-9H,2-5,10-15H2,1H3. The van der Waals surface area contributed by atoms with Gasteiger partial charge in [0.25, 0.3) is 0 Å². The van der Waals surface area contributed by atoms with E-state index in [4.69, 9.17) is 16.3 Å². The molecule has 0 aliphatic carbocycles. The van der Waals surface area contributed by atoms with Gasteiger partial charge < -0.3 is 14.5 Å². The van der Waals surface area contributed by atoms with Crippen molar-refractivity contribution in [1.29, 1.82) is 0 Å². The number of aryl methyl sites for hydroxylation is 1. The molecule has 2 rings (SSSR count). The second kappa shape index (κ2) is 10.3. The van der Waals surface area contributed by atoms with Gasteiger partial charge in [-0.3, -0.25) is 9.59 Å². The predicted octanol–water partition coefficient (Wildman–Crippen LogP) is 2.84. The number of hydrogen-bond donors (Lipinski definition) is 0. The van der Waals surface area contributed by atoms with E-state index in [0.29, 0.717) is 64.3 Å². The van der Waals surface area contributed by atoms with Crippen LogP contribution in [0.25, 0.3) is 0 Å². The molecule has 6 heteroatoms. The molecular formula is C19H27ClN2O3. The van der Waals surface area contributed by atoms with Crippen molar-refractivity contribution in [3.05, 3.63) is 29.8 Å². The van der Waals surface area contributed by atoms with Gasteiger partial charge in [0.05, 0.1) is 6.61 Å². The van der Waals surface area contributed by atoms with Crippen molar-refractivity contribution in [2.24, 2.45) is 0 Å². The van der Waals surface area contributed by atoms with Crippen molar-refractivity contribution in [2.45, 2.75) is 32.6 Å². The molecule has 5 nitrogen and oxygen atoms in total. The van der Waals surface area contributed by atoms with Crippen LogP contribution in [0.5, 0.6) is 5.75 Å². The van der Waals surface area contributed by atoms with Crippen molar-refractivity contribution in [3.63, 3.8) is 0 Å². The van der Waals surface area contributed by atoms with Crippen molar-refractivity contribution in [2.75, 3.05) is 38.7 Å². The zero-order valence-corrected chi connectivity index (χ0v) is 15.6. The molecule has 0 aromatic heterocycles. The van der Waals surface area contributed by atoms with Crippen LogP contribution in [0.4, 0.5) is 0 Å².